The van der Waals surface area contributed by atoms with E-state index in [0.29, 0.717) is 10.0 Å². The number of hydrogen-bond donors (Lipinski definition) is 0. The lowest BCUT2D eigenvalue weighted by atomic mass is 9.84. The molecule has 92 valence electrons. The third-order valence-corrected chi connectivity index (χ3v) is 3.93. The van der Waals surface area contributed by atoms with E-state index in [1.165, 1.54) is 12.5 Å². The topological polar surface area (TPSA) is 17.1 Å². The van der Waals surface area contributed by atoms with Crippen LogP contribution < -0.4 is 0 Å². The first kappa shape index (κ1) is 12.7. The van der Waals surface area contributed by atoms with Crippen molar-refractivity contribution in [3.05, 3.63) is 34.1 Å². The van der Waals surface area contributed by atoms with Gasteiger partial charge in [-0.1, -0.05) is 41.3 Å². The molecule has 1 saturated carbocycles. The van der Waals surface area contributed by atoms with Crippen molar-refractivity contribution in [1.82, 2.24) is 0 Å². The van der Waals surface area contributed by atoms with E-state index in [-0.39, 0.29) is 23.9 Å². The van der Waals surface area contributed by atoms with Gasteiger partial charge >= 0.3 is 0 Å². The number of hydrogen-bond acceptors (Lipinski definition) is 1. The average molecular weight is 299 g/mol. The van der Waals surface area contributed by atoms with Crippen LogP contribution in [0, 0.1) is 11.7 Å². The Morgan fingerprint density at radius 1 is 1.29 bits per heavy atom. The lowest BCUT2D eigenvalue weighted by Crippen LogP contribution is -2.20. The number of rotatable bonds is 3. The molecular formula is C14H16BrFO. The van der Waals surface area contributed by atoms with Crippen molar-refractivity contribution < 1.29 is 9.18 Å². The van der Waals surface area contributed by atoms with Gasteiger partial charge in [0.05, 0.1) is 0 Å². The van der Waals surface area contributed by atoms with Crippen molar-refractivity contribution in [2.75, 3.05) is 0 Å². The van der Waals surface area contributed by atoms with Gasteiger partial charge in [-0.3, -0.25) is 4.79 Å². The molecule has 0 heterocycles. The van der Waals surface area contributed by atoms with Crippen LogP contribution in [0.2, 0.25) is 0 Å². The molecule has 0 radical (unpaired) electrons. The summed E-state index contributed by atoms with van der Waals surface area (Å²) in [7, 11) is 0. The molecule has 1 aromatic rings. The second-order valence-corrected chi connectivity index (χ2v) is 5.63. The molecule has 0 amide bonds. The standard InChI is InChI=1S/C14H16BrFO/c15-12-7-6-11(13(16)9-12)8-14(17)10-4-2-1-3-5-10/h6-7,9-10H,1-5,8H2. The Balaban J connectivity index is 2.02. The highest BCUT2D eigenvalue weighted by molar-refractivity contribution is 9.10. The Bertz CT molecular complexity index is 411. The van der Waals surface area contributed by atoms with E-state index in [2.05, 4.69) is 15.9 Å². The molecule has 0 N–H and O–H groups in total. The van der Waals surface area contributed by atoms with Gasteiger partial charge in [0.1, 0.15) is 11.6 Å². The molecule has 1 nitrogen and oxygen atoms in total. The van der Waals surface area contributed by atoms with Gasteiger partial charge in [-0.2, -0.15) is 0 Å². The molecule has 0 atom stereocenters. The maximum absolute atomic E-state index is 13.6. The summed E-state index contributed by atoms with van der Waals surface area (Å²) in [5, 5.41) is 0. The number of benzene rings is 1. The fraction of sp³-hybridized carbons (Fsp3) is 0.500. The smallest absolute Gasteiger partial charge is 0.140 e. The van der Waals surface area contributed by atoms with Crippen molar-refractivity contribution in [3.63, 3.8) is 0 Å². The van der Waals surface area contributed by atoms with Crippen LogP contribution >= 0.6 is 15.9 Å². The number of carbonyl (C=O) groups excluding carboxylic acids is 1. The molecule has 0 bridgehead atoms. The maximum Gasteiger partial charge on any atom is 0.140 e. The van der Waals surface area contributed by atoms with Gasteiger partial charge in [-0.25, -0.2) is 4.39 Å². The minimum Gasteiger partial charge on any atom is -0.299 e. The minimum atomic E-state index is -0.288. The highest BCUT2D eigenvalue weighted by Gasteiger charge is 2.21. The fourth-order valence-corrected chi connectivity index (χ4v) is 2.75. The Morgan fingerprint density at radius 2 is 2.00 bits per heavy atom. The number of carbonyl (C=O) groups is 1. The van der Waals surface area contributed by atoms with Crippen LogP contribution in [0.25, 0.3) is 0 Å². The van der Waals surface area contributed by atoms with E-state index in [4.69, 9.17) is 0 Å². The Morgan fingerprint density at radius 3 is 2.65 bits per heavy atom. The Labute approximate surface area is 110 Å². The zero-order valence-electron chi connectivity index (χ0n) is 9.72. The molecule has 1 aliphatic rings. The van der Waals surface area contributed by atoms with Crippen molar-refractivity contribution in [3.8, 4) is 0 Å². The molecule has 1 aromatic carbocycles. The molecular weight excluding hydrogens is 283 g/mol. The lowest BCUT2D eigenvalue weighted by Gasteiger charge is -2.20. The summed E-state index contributed by atoms with van der Waals surface area (Å²) in [6.45, 7) is 0. The first-order valence-electron chi connectivity index (χ1n) is 6.13. The highest BCUT2D eigenvalue weighted by atomic mass is 79.9. The van der Waals surface area contributed by atoms with Crippen LogP contribution in [0.3, 0.4) is 0 Å². The first-order chi connectivity index (χ1) is 8.16. The van der Waals surface area contributed by atoms with Crippen molar-refractivity contribution in [1.29, 1.82) is 0 Å². The van der Waals surface area contributed by atoms with Crippen LogP contribution in [0.1, 0.15) is 37.7 Å². The Hall–Kier alpha value is -0.700. The molecule has 1 aliphatic carbocycles. The molecule has 0 saturated heterocycles. The normalized spacial score (nSPS) is 17.1. The highest BCUT2D eigenvalue weighted by Crippen LogP contribution is 2.26. The second kappa shape index (κ2) is 5.76. The monoisotopic (exact) mass is 298 g/mol. The third kappa shape index (κ3) is 3.38. The summed E-state index contributed by atoms with van der Waals surface area (Å²) in [6, 6.07) is 4.90. The van der Waals surface area contributed by atoms with Gasteiger partial charge in [0.2, 0.25) is 0 Å². The zero-order valence-corrected chi connectivity index (χ0v) is 11.3. The zero-order chi connectivity index (χ0) is 12.3. The molecule has 1 fully saturated rings. The van der Waals surface area contributed by atoms with Crippen molar-refractivity contribution in [2.45, 2.75) is 38.5 Å². The van der Waals surface area contributed by atoms with E-state index < -0.39 is 0 Å². The average Bonchev–Trinajstić information content (AvgIpc) is 2.34. The number of ketones is 1. The van der Waals surface area contributed by atoms with Gasteiger partial charge in [0.15, 0.2) is 0 Å². The predicted molar refractivity (Wildman–Crippen MR) is 69.4 cm³/mol. The molecule has 0 aromatic heterocycles. The first-order valence-corrected chi connectivity index (χ1v) is 6.93. The van der Waals surface area contributed by atoms with Gasteiger partial charge in [0, 0.05) is 16.8 Å². The fourth-order valence-electron chi connectivity index (χ4n) is 2.42. The van der Waals surface area contributed by atoms with Crippen LogP contribution in [-0.2, 0) is 11.2 Å². The summed E-state index contributed by atoms with van der Waals surface area (Å²) in [5.41, 5.74) is 0.517. The molecule has 0 spiro atoms. The van der Waals surface area contributed by atoms with Crippen LogP contribution in [0.15, 0.2) is 22.7 Å². The van der Waals surface area contributed by atoms with Crippen LogP contribution in [0.4, 0.5) is 4.39 Å². The summed E-state index contributed by atoms with van der Waals surface area (Å²) < 4.78 is 14.3. The van der Waals surface area contributed by atoms with Gasteiger partial charge in [0.25, 0.3) is 0 Å². The predicted octanol–water partition coefficient (Wildman–Crippen LogP) is 4.28. The van der Waals surface area contributed by atoms with Gasteiger partial charge < -0.3 is 0 Å². The molecule has 3 heteroatoms. The quantitative estimate of drug-likeness (QED) is 0.814. The van der Waals surface area contributed by atoms with Crippen molar-refractivity contribution in [2.24, 2.45) is 5.92 Å². The Kier molecular flexibility index (Phi) is 4.32. The number of Topliss-reactive ketones (excluding diaryl/α,β-unsaturated/α-hetero) is 1. The van der Waals surface area contributed by atoms with Gasteiger partial charge in [-0.05, 0) is 30.5 Å². The van der Waals surface area contributed by atoms with E-state index in [9.17, 15) is 9.18 Å². The largest absolute Gasteiger partial charge is 0.299 e. The molecule has 0 unspecified atom stereocenters. The van der Waals surface area contributed by atoms with Crippen LogP contribution in [-0.4, -0.2) is 5.78 Å². The minimum absolute atomic E-state index is 0.159. The lowest BCUT2D eigenvalue weighted by molar-refractivity contribution is -0.123. The SMILES string of the molecule is O=C(Cc1ccc(Br)cc1F)C1CCCCC1. The maximum atomic E-state index is 13.6. The third-order valence-electron chi connectivity index (χ3n) is 3.44. The molecule has 17 heavy (non-hydrogen) atoms. The summed E-state index contributed by atoms with van der Waals surface area (Å²) in [5.74, 6) is 0.0706. The summed E-state index contributed by atoms with van der Waals surface area (Å²) >= 11 is 3.21. The van der Waals surface area contributed by atoms with E-state index in [0.717, 1.165) is 25.7 Å². The van der Waals surface area contributed by atoms with E-state index in [1.807, 2.05) is 0 Å². The van der Waals surface area contributed by atoms with Gasteiger partial charge in [-0.15, -0.1) is 0 Å². The number of halogens is 2. The molecule has 0 aliphatic heterocycles. The summed E-state index contributed by atoms with van der Waals surface area (Å²) in [4.78, 5) is 12.0. The van der Waals surface area contributed by atoms with Crippen LogP contribution in [0.5, 0.6) is 0 Å². The summed E-state index contributed by atoms with van der Waals surface area (Å²) in [6.07, 6.45) is 5.71. The van der Waals surface area contributed by atoms with E-state index >= 15 is 0 Å². The van der Waals surface area contributed by atoms with E-state index in [1.54, 1.807) is 12.1 Å². The second-order valence-electron chi connectivity index (χ2n) is 4.71. The molecule has 2 rings (SSSR count). The van der Waals surface area contributed by atoms with Crippen molar-refractivity contribution >= 4 is 21.7 Å².